The van der Waals surface area contributed by atoms with Gasteiger partial charge >= 0.3 is 6.03 Å². The molecule has 1 saturated heterocycles. The monoisotopic (exact) mass is 420 g/mol. The number of anilines is 2. The van der Waals surface area contributed by atoms with Crippen LogP contribution in [0.2, 0.25) is 0 Å². The van der Waals surface area contributed by atoms with Crippen LogP contribution in [-0.4, -0.2) is 24.1 Å². The maximum absolute atomic E-state index is 13.3. The summed E-state index contributed by atoms with van der Waals surface area (Å²) in [5.41, 5.74) is 2.35. The summed E-state index contributed by atoms with van der Waals surface area (Å²) in [7, 11) is 0. The first-order valence-corrected chi connectivity index (χ1v) is 10.4. The number of rotatable bonds is 7. The summed E-state index contributed by atoms with van der Waals surface area (Å²) in [5, 5.41) is 5.68. The van der Waals surface area contributed by atoms with Crippen molar-refractivity contribution in [1.29, 1.82) is 0 Å². The molecule has 1 fully saturated rings. The van der Waals surface area contributed by atoms with E-state index in [-0.39, 0.29) is 18.5 Å². The average Bonchev–Trinajstić information content (AvgIpc) is 3.32. The number of amides is 2. The number of aromatic nitrogens is 1. The molecular weight excluding hydrogens is 395 g/mol. The van der Waals surface area contributed by atoms with Crippen molar-refractivity contribution in [2.24, 2.45) is 0 Å². The minimum atomic E-state index is -0.304. The SMILES string of the molecule is O=C(NCc1ccnc(N2CCCC2)c1)Nc1cccc(OCc2cccc(F)c2)c1. The zero-order chi connectivity index (χ0) is 21.5. The molecule has 0 saturated carbocycles. The third kappa shape index (κ3) is 5.94. The topological polar surface area (TPSA) is 66.5 Å². The van der Waals surface area contributed by atoms with Crippen LogP contribution in [0.5, 0.6) is 5.75 Å². The molecule has 2 amide bonds. The van der Waals surface area contributed by atoms with E-state index >= 15 is 0 Å². The number of nitrogens with one attached hydrogen (secondary N) is 2. The summed E-state index contributed by atoms with van der Waals surface area (Å²) < 4.78 is 19.0. The number of hydrogen-bond acceptors (Lipinski definition) is 4. The van der Waals surface area contributed by atoms with Crippen molar-refractivity contribution in [2.75, 3.05) is 23.3 Å². The standard InChI is InChI=1S/C24H25FN4O2/c25-20-6-3-5-19(13-20)17-31-22-8-4-7-21(15-22)28-24(30)27-16-18-9-10-26-23(14-18)29-11-1-2-12-29/h3-10,13-15H,1-2,11-12,16-17H2,(H2,27,28,30). The van der Waals surface area contributed by atoms with Crippen LogP contribution in [0, 0.1) is 5.82 Å². The number of urea groups is 1. The molecule has 0 bridgehead atoms. The van der Waals surface area contributed by atoms with Gasteiger partial charge in [-0.25, -0.2) is 14.2 Å². The van der Waals surface area contributed by atoms with Gasteiger partial charge in [-0.2, -0.15) is 0 Å². The highest BCUT2D eigenvalue weighted by molar-refractivity contribution is 5.89. The summed E-state index contributed by atoms with van der Waals surface area (Å²) in [6.45, 7) is 2.71. The van der Waals surface area contributed by atoms with Crippen molar-refractivity contribution in [1.82, 2.24) is 10.3 Å². The fraction of sp³-hybridized carbons (Fsp3) is 0.250. The Morgan fingerprint density at radius 1 is 1.03 bits per heavy atom. The predicted octanol–water partition coefficient (Wildman–Crippen LogP) is 4.72. The molecule has 4 rings (SSSR count). The summed E-state index contributed by atoms with van der Waals surface area (Å²) in [5.74, 6) is 1.25. The molecule has 2 aromatic carbocycles. The summed E-state index contributed by atoms with van der Waals surface area (Å²) in [6, 6.07) is 17.0. The van der Waals surface area contributed by atoms with Gasteiger partial charge < -0.3 is 20.3 Å². The first-order valence-electron chi connectivity index (χ1n) is 10.4. The number of carbonyl (C=O) groups is 1. The minimum absolute atomic E-state index is 0.245. The lowest BCUT2D eigenvalue weighted by Gasteiger charge is -2.17. The molecule has 0 unspecified atom stereocenters. The summed E-state index contributed by atoms with van der Waals surface area (Å²) in [4.78, 5) is 19.0. The van der Waals surface area contributed by atoms with E-state index < -0.39 is 0 Å². The number of carbonyl (C=O) groups excluding carboxylic acids is 1. The maximum atomic E-state index is 13.3. The normalized spacial score (nSPS) is 13.1. The fourth-order valence-electron chi connectivity index (χ4n) is 3.50. The summed E-state index contributed by atoms with van der Waals surface area (Å²) >= 11 is 0. The van der Waals surface area contributed by atoms with Crippen LogP contribution in [-0.2, 0) is 13.2 Å². The molecule has 1 aliphatic rings. The van der Waals surface area contributed by atoms with E-state index in [0.29, 0.717) is 18.0 Å². The van der Waals surface area contributed by atoms with Crippen LogP contribution in [0.3, 0.4) is 0 Å². The fourth-order valence-corrected chi connectivity index (χ4v) is 3.50. The van der Waals surface area contributed by atoms with E-state index in [0.717, 1.165) is 30.0 Å². The number of halogens is 1. The zero-order valence-electron chi connectivity index (χ0n) is 17.2. The van der Waals surface area contributed by atoms with Crippen molar-refractivity contribution in [2.45, 2.75) is 26.0 Å². The highest BCUT2D eigenvalue weighted by atomic mass is 19.1. The molecule has 3 aromatic rings. The van der Waals surface area contributed by atoms with E-state index in [4.69, 9.17) is 4.74 Å². The predicted molar refractivity (Wildman–Crippen MR) is 119 cm³/mol. The Morgan fingerprint density at radius 3 is 2.71 bits per heavy atom. The highest BCUT2D eigenvalue weighted by Gasteiger charge is 2.13. The zero-order valence-corrected chi connectivity index (χ0v) is 17.2. The number of benzene rings is 2. The Morgan fingerprint density at radius 2 is 1.87 bits per heavy atom. The average molecular weight is 420 g/mol. The van der Waals surface area contributed by atoms with Gasteiger partial charge in [-0.05, 0) is 60.4 Å². The Hall–Kier alpha value is -3.61. The second kappa shape index (κ2) is 9.93. The van der Waals surface area contributed by atoms with Gasteiger partial charge in [0, 0.05) is 37.6 Å². The van der Waals surface area contributed by atoms with Gasteiger partial charge in [0.2, 0.25) is 0 Å². The van der Waals surface area contributed by atoms with Crippen molar-refractivity contribution < 1.29 is 13.9 Å². The molecule has 6 nitrogen and oxygen atoms in total. The Kier molecular flexibility index (Phi) is 6.62. The van der Waals surface area contributed by atoms with E-state index in [2.05, 4.69) is 20.5 Å². The molecule has 0 aliphatic carbocycles. The van der Waals surface area contributed by atoms with E-state index in [1.54, 1.807) is 42.6 Å². The Bertz CT molecular complexity index is 1040. The van der Waals surface area contributed by atoms with Gasteiger partial charge in [0.25, 0.3) is 0 Å². The summed E-state index contributed by atoms with van der Waals surface area (Å²) in [6.07, 6.45) is 4.16. The molecule has 1 aliphatic heterocycles. The molecule has 1 aromatic heterocycles. The molecule has 2 N–H and O–H groups in total. The highest BCUT2D eigenvalue weighted by Crippen LogP contribution is 2.20. The first-order chi connectivity index (χ1) is 15.2. The van der Waals surface area contributed by atoms with E-state index in [9.17, 15) is 9.18 Å². The molecule has 31 heavy (non-hydrogen) atoms. The molecular formula is C24H25FN4O2. The lowest BCUT2D eigenvalue weighted by atomic mass is 10.2. The lowest BCUT2D eigenvalue weighted by Crippen LogP contribution is -2.28. The van der Waals surface area contributed by atoms with Crippen molar-refractivity contribution in [3.05, 3.63) is 83.8 Å². The van der Waals surface area contributed by atoms with Crippen molar-refractivity contribution in [3.63, 3.8) is 0 Å². The minimum Gasteiger partial charge on any atom is -0.489 e. The lowest BCUT2D eigenvalue weighted by molar-refractivity contribution is 0.251. The number of ether oxygens (including phenoxy) is 1. The second-order valence-electron chi connectivity index (χ2n) is 7.47. The largest absolute Gasteiger partial charge is 0.489 e. The van der Waals surface area contributed by atoms with E-state index in [1.165, 1.54) is 25.0 Å². The smallest absolute Gasteiger partial charge is 0.319 e. The molecule has 0 spiro atoms. The van der Waals surface area contributed by atoms with Gasteiger partial charge in [0.15, 0.2) is 0 Å². The number of nitrogens with zero attached hydrogens (tertiary/aromatic N) is 2. The van der Waals surface area contributed by atoms with Crippen LogP contribution >= 0.6 is 0 Å². The van der Waals surface area contributed by atoms with Crippen molar-refractivity contribution in [3.8, 4) is 5.75 Å². The molecule has 160 valence electrons. The van der Waals surface area contributed by atoms with Gasteiger partial charge in [-0.3, -0.25) is 0 Å². The third-order valence-corrected chi connectivity index (χ3v) is 5.08. The van der Waals surface area contributed by atoms with Crippen LogP contribution in [0.1, 0.15) is 24.0 Å². The Labute approximate surface area is 181 Å². The third-order valence-electron chi connectivity index (χ3n) is 5.08. The van der Waals surface area contributed by atoms with Crippen LogP contribution in [0.25, 0.3) is 0 Å². The van der Waals surface area contributed by atoms with Crippen molar-refractivity contribution >= 4 is 17.5 Å². The molecule has 7 heteroatoms. The molecule has 2 heterocycles. The Balaban J connectivity index is 1.28. The van der Waals surface area contributed by atoms with Crippen LogP contribution in [0.15, 0.2) is 66.9 Å². The molecule has 0 radical (unpaired) electrons. The van der Waals surface area contributed by atoms with E-state index in [1.807, 2.05) is 12.1 Å². The second-order valence-corrected chi connectivity index (χ2v) is 7.47. The number of hydrogen-bond donors (Lipinski definition) is 2. The van der Waals surface area contributed by atoms with Crippen LogP contribution in [0.4, 0.5) is 20.7 Å². The van der Waals surface area contributed by atoms with Gasteiger partial charge in [-0.15, -0.1) is 0 Å². The maximum Gasteiger partial charge on any atom is 0.319 e. The van der Waals surface area contributed by atoms with Gasteiger partial charge in [0.1, 0.15) is 24.0 Å². The van der Waals surface area contributed by atoms with Gasteiger partial charge in [-0.1, -0.05) is 18.2 Å². The number of pyridine rings is 1. The van der Waals surface area contributed by atoms with Crippen LogP contribution < -0.4 is 20.3 Å². The molecule has 0 atom stereocenters. The van der Waals surface area contributed by atoms with Gasteiger partial charge in [0.05, 0.1) is 0 Å². The quantitative estimate of drug-likeness (QED) is 0.580. The first kappa shape index (κ1) is 20.7.